The molecule has 2 heterocycles. The van der Waals surface area contributed by atoms with Crippen molar-refractivity contribution in [3.8, 4) is 0 Å². The highest BCUT2D eigenvalue weighted by Crippen LogP contribution is 2.30. The molecule has 144 valence electrons. The van der Waals surface area contributed by atoms with Crippen LogP contribution in [0.3, 0.4) is 0 Å². The predicted octanol–water partition coefficient (Wildman–Crippen LogP) is 3.98. The fourth-order valence-corrected chi connectivity index (χ4v) is 4.96. The Kier molecular flexibility index (Phi) is 6.49. The van der Waals surface area contributed by atoms with Crippen molar-refractivity contribution in [3.63, 3.8) is 0 Å². The number of anilines is 2. The molecule has 0 spiro atoms. The van der Waals surface area contributed by atoms with Crippen LogP contribution in [0, 0.1) is 18.8 Å². The molecule has 0 aliphatic carbocycles. The van der Waals surface area contributed by atoms with Gasteiger partial charge in [0, 0.05) is 24.4 Å². The second kappa shape index (κ2) is 8.84. The summed E-state index contributed by atoms with van der Waals surface area (Å²) in [4.78, 5) is 26.7. The van der Waals surface area contributed by atoms with E-state index in [-0.39, 0.29) is 24.2 Å². The van der Waals surface area contributed by atoms with E-state index in [1.807, 2.05) is 31.2 Å². The maximum atomic E-state index is 12.6. The van der Waals surface area contributed by atoms with Crippen LogP contribution in [0.5, 0.6) is 0 Å². The average Bonchev–Trinajstić information content (AvgIpc) is 3.22. The maximum absolute atomic E-state index is 12.6. The fraction of sp³-hybridized carbons (Fsp3) is 0.474. The molecule has 2 aromatic rings. The van der Waals surface area contributed by atoms with Crippen LogP contribution >= 0.6 is 23.1 Å². The standard InChI is InChI=1S/C19H24N4O2S2/c1-12(2)8-9-26-19-22-21-18(27-19)20-17(25)14-10-16(24)23(11-14)15-7-5-4-6-13(15)3/h4-7,12,14H,8-11H2,1-3H3,(H,20,21,25)/t14-/m1/s1. The SMILES string of the molecule is Cc1ccccc1N1C[C@H](C(=O)Nc2nnc(SCCC(C)C)s2)CC1=O. The highest BCUT2D eigenvalue weighted by molar-refractivity contribution is 8.01. The van der Waals surface area contributed by atoms with Gasteiger partial charge in [0.25, 0.3) is 0 Å². The first-order chi connectivity index (χ1) is 12.9. The van der Waals surface area contributed by atoms with Gasteiger partial charge < -0.3 is 10.2 Å². The van der Waals surface area contributed by atoms with Gasteiger partial charge in [-0.15, -0.1) is 10.2 Å². The summed E-state index contributed by atoms with van der Waals surface area (Å²) >= 11 is 3.04. The lowest BCUT2D eigenvalue weighted by Crippen LogP contribution is -2.28. The van der Waals surface area contributed by atoms with Crippen molar-refractivity contribution >= 4 is 45.7 Å². The molecule has 1 aliphatic rings. The number of nitrogens with one attached hydrogen (secondary N) is 1. The Morgan fingerprint density at radius 3 is 2.89 bits per heavy atom. The monoisotopic (exact) mass is 404 g/mol. The Morgan fingerprint density at radius 1 is 1.37 bits per heavy atom. The van der Waals surface area contributed by atoms with E-state index < -0.39 is 0 Å². The molecule has 1 N–H and O–H groups in total. The summed E-state index contributed by atoms with van der Waals surface area (Å²) in [5.41, 5.74) is 1.90. The molecule has 2 amide bonds. The van der Waals surface area contributed by atoms with E-state index in [0.29, 0.717) is 17.6 Å². The van der Waals surface area contributed by atoms with Gasteiger partial charge in [0.15, 0.2) is 4.34 Å². The van der Waals surface area contributed by atoms with Crippen molar-refractivity contribution in [1.82, 2.24) is 10.2 Å². The van der Waals surface area contributed by atoms with E-state index >= 15 is 0 Å². The molecule has 0 unspecified atom stereocenters. The minimum atomic E-state index is -0.377. The summed E-state index contributed by atoms with van der Waals surface area (Å²) in [5.74, 6) is 1.07. The number of thioether (sulfide) groups is 1. The fourth-order valence-electron chi connectivity index (χ4n) is 2.89. The average molecular weight is 405 g/mol. The molecule has 3 rings (SSSR count). The van der Waals surface area contributed by atoms with Crippen LogP contribution in [0.1, 0.15) is 32.3 Å². The maximum Gasteiger partial charge on any atom is 0.231 e. The molecular formula is C19H24N4O2S2. The number of carbonyl (C=O) groups is 2. The minimum absolute atomic E-state index is 0.0216. The first-order valence-electron chi connectivity index (χ1n) is 9.07. The number of amides is 2. The van der Waals surface area contributed by atoms with Crippen molar-refractivity contribution in [1.29, 1.82) is 0 Å². The van der Waals surface area contributed by atoms with E-state index in [1.54, 1.807) is 16.7 Å². The molecule has 6 nitrogen and oxygen atoms in total. The van der Waals surface area contributed by atoms with Gasteiger partial charge in [-0.25, -0.2) is 0 Å². The summed E-state index contributed by atoms with van der Waals surface area (Å²) in [5, 5.41) is 11.5. The number of hydrogen-bond donors (Lipinski definition) is 1. The highest BCUT2D eigenvalue weighted by atomic mass is 32.2. The Bertz CT molecular complexity index is 822. The lowest BCUT2D eigenvalue weighted by Gasteiger charge is -2.18. The zero-order valence-electron chi connectivity index (χ0n) is 15.8. The van der Waals surface area contributed by atoms with E-state index in [0.717, 1.165) is 27.8 Å². The molecule has 0 saturated carbocycles. The predicted molar refractivity (Wildman–Crippen MR) is 110 cm³/mol. The van der Waals surface area contributed by atoms with Crippen LogP contribution < -0.4 is 10.2 Å². The van der Waals surface area contributed by atoms with E-state index in [9.17, 15) is 9.59 Å². The minimum Gasteiger partial charge on any atom is -0.311 e. The molecule has 1 saturated heterocycles. The van der Waals surface area contributed by atoms with Crippen molar-refractivity contribution < 1.29 is 9.59 Å². The van der Waals surface area contributed by atoms with Gasteiger partial charge in [-0.3, -0.25) is 9.59 Å². The highest BCUT2D eigenvalue weighted by Gasteiger charge is 2.36. The van der Waals surface area contributed by atoms with Crippen molar-refractivity contribution in [2.75, 3.05) is 22.5 Å². The van der Waals surface area contributed by atoms with Gasteiger partial charge in [-0.2, -0.15) is 0 Å². The molecular weight excluding hydrogens is 380 g/mol. The summed E-state index contributed by atoms with van der Waals surface area (Å²) in [6.07, 6.45) is 1.33. The molecule has 0 radical (unpaired) electrons. The van der Waals surface area contributed by atoms with Crippen LogP contribution in [0.2, 0.25) is 0 Å². The Morgan fingerprint density at radius 2 is 2.15 bits per heavy atom. The smallest absolute Gasteiger partial charge is 0.231 e. The normalized spacial score (nSPS) is 17.0. The quantitative estimate of drug-likeness (QED) is 0.558. The zero-order valence-corrected chi connectivity index (χ0v) is 17.4. The molecule has 8 heteroatoms. The molecule has 1 aromatic carbocycles. The Hall–Kier alpha value is -1.93. The Balaban J connectivity index is 1.57. The lowest BCUT2D eigenvalue weighted by molar-refractivity contribution is -0.122. The topological polar surface area (TPSA) is 75.2 Å². The molecule has 1 atom stereocenters. The Labute approximate surface area is 167 Å². The van der Waals surface area contributed by atoms with Gasteiger partial charge in [-0.05, 0) is 30.9 Å². The largest absolute Gasteiger partial charge is 0.311 e. The molecule has 1 aromatic heterocycles. The summed E-state index contributed by atoms with van der Waals surface area (Å²) in [7, 11) is 0. The van der Waals surface area contributed by atoms with Crippen molar-refractivity contribution in [2.24, 2.45) is 11.8 Å². The molecule has 0 bridgehead atoms. The second-order valence-electron chi connectivity index (χ2n) is 7.09. The number of aromatic nitrogens is 2. The number of hydrogen-bond acceptors (Lipinski definition) is 6. The summed E-state index contributed by atoms with van der Waals surface area (Å²) in [6.45, 7) is 6.74. The van der Waals surface area contributed by atoms with Crippen LogP contribution in [0.15, 0.2) is 28.6 Å². The third kappa shape index (κ3) is 5.07. The van der Waals surface area contributed by atoms with Gasteiger partial charge in [0.05, 0.1) is 5.92 Å². The van der Waals surface area contributed by atoms with Crippen molar-refractivity contribution in [3.05, 3.63) is 29.8 Å². The summed E-state index contributed by atoms with van der Waals surface area (Å²) in [6, 6.07) is 7.73. The first-order valence-corrected chi connectivity index (χ1v) is 10.9. The van der Waals surface area contributed by atoms with Crippen LogP contribution in [-0.4, -0.2) is 34.3 Å². The third-order valence-electron chi connectivity index (χ3n) is 4.46. The van der Waals surface area contributed by atoms with E-state index in [4.69, 9.17) is 0 Å². The number of benzene rings is 1. The number of aryl methyl sites for hydroxylation is 1. The van der Waals surface area contributed by atoms with Gasteiger partial charge in [-0.1, -0.05) is 55.1 Å². The van der Waals surface area contributed by atoms with Gasteiger partial charge >= 0.3 is 0 Å². The van der Waals surface area contributed by atoms with Crippen LogP contribution in [0.25, 0.3) is 0 Å². The van der Waals surface area contributed by atoms with E-state index in [1.165, 1.54) is 11.3 Å². The first kappa shape index (κ1) is 19.8. The number of carbonyl (C=O) groups excluding carboxylic acids is 2. The molecule has 1 fully saturated rings. The van der Waals surface area contributed by atoms with Crippen molar-refractivity contribution in [2.45, 2.75) is 38.0 Å². The van der Waals surface area contributed by atoms with Gasteiger partial charge in [0.1, 0.15) is 0 Å². The summed E-state index contributed by atoms with van der Waals surface area (Å²) < 4.78 is 0.856. The van der Waals surface area contributed by atoms with E-state index in [2.05, 4.69) is 29.4 Å². The zero-order chi connectivity index (χ0) is 19.4. The second-order valence-corrected chi connectivity index (χ2v) is 9.40. The van der Waals surface area contributed by atoms with Crippen LogP contribution in [-0.2, 0) is 9.59 Å². The third-order valence-corrected chi connectivity index (χ3v) is 6.46. The van der Waals surface area contributed by atoms with Crippen LogP contribution in [0.4, 0.5) is 10.8 Å². The number of nitrogens with zero attached hydrogens (tertiary/aromatic N) is 3. The molecule has 1 aliphatic heterocycles. The molecule has 27 heavy (non-hydrogen) atoms. The lowest BCUT2D eigenvalue weighted by atomic mass is 10.1. The number of para-hydroxylation sites is 1. The number of rotatable bonds is 7. The van der Waals surface area contributed by atoms with Gasteiger partial charge in [0.2, 0.25) is 16.9 Å².